The molecule has 0 radical (unpaired) electrons. The third-order valence-electron chi connectivity index (χ3n) is 3.02. The Balaban J connectivity index is 2.23. The number of aryl methyl sites for hydroxylation is 1. The average Bonchev–Trinajstić information content (AvgIpc) is 2.93. The maximum absolute atomic E-state index is 11.9. The molecule has 7 heteroatoms. The van der Waals surface area contributed by atoms with Crippen LogP contribution >= 0.6 is 0 Å². The van der Waals surface area contributed by atoms with E-state index in [0.29, 0.717) is 12.2 Å². The topological polar surface area (TPSA) is 76.0 Å². The summed E-state index contributed by atoms with van der Waals surface area (Å²) in [6, 6.07) is 6.80. The van der Waals surface area contributed by atoms with E-state index >= 15 is 0 Å². The minimum absolute atomic E-state index is 0.233. The van der Waals surface area contributed by atoms with Crippen LogP contribution in [0.25, 0.3) is 0 Å². The molecule has 0 saturated carbocycles. The Labute approximate surface area is 118 Å². The summed E-state index contributed by atoms with van der Waals surface area (Å²) in [4.78, 5) is 4.48. The molecule has 1 heterocycles. The van der Waals surface area contributed by atoms with Crippen LogP contribution < -0.4 is 10.0 Å². The van der Waals surface area contributed by atoms with Crippen LogP contribution in [0, 0.1) is 0 Å². The van der Waals surface area contributed by atoms with Crippen molar-refractivity contribution in [1.82, 2.24) is 14.3 Å². The van der Waals surface area contributed by atoms with E-state index in [2.05, 4.69) is 15.0 Å². The molecule has 2 aromatic rings. The summed E-state index contributed by atoms with van der Waals surface area (Å²) >= 11 is 0. The highest BCUT2D eigenvalue weighted by Gasteiger charge is 2.16. The van der Waals surface area contributed by atoms with E-state index in [1.807, 2.05) is 17.7 Å². The van der Waals surface area contributed by atoms with Gasteiger partial charge in [0.25, 0.3) is 0 Å². The zero-order valence-electron chi connectivity index (χ0n) is 11.5. The normalized spacial score (nSPS) is 11.5. The van der Waals surface area contributed by atoms with Gasteiger partial charge < -0.3 is 9.88 Å². The molecule has 0 aliphatic rings. The van der Waals surface area contributed by atoms with Gasteiger partial charge in [-0.1, -0.05) is 12.1 Å². The zero-order chi connectivity index (χ0) is 14.6. The van der Waals surface area contributed by atoms with Crippen molar-refractivity contribution in [2.24, 2.45) is 0 Å². The molecule has 0 fully saturated rings. The molecular weight excluding hydrogens is 276 g/mol. The Morgan fingerprint density at radius 2 is 2.05 bits per heavy atom. The molecule has 0 aliphatic heterocycles. The fourth-order valence-electron chi connectivity index (χ4n) is 1.93. The average molecular weight is 294 g/mol. The first kappa shape index (κ1) is 14.5. The van der Waals surface area contributed by atoms with Crippen molar-refractivity contribution in [3.8, 4) is 0 Å². The highest BCUT2D eigenvalue weighted by atomic mass is 32.2. The lowest BCUT2D eigenvalue weighted by Gasteiger charge is -2.12. The van der Waals surface area contributed by atoms with Crippen LogP contribution in [0.4, 0.5) is 5.69 Å². The summed E-state index contributed by atoms with van der Waals surface area (Å²) in [5.74, 6) is 0.865. The molecule has 108 valence electrons. The number of hydrogen-bond donors (Lipinski definition) is 2. The number of nitrogens with zero attached hydrogens (tertiary/aromatic N) is 2. The van der Waals surface area contributed by atoms with E-state index in [0.717, 1.165) is 12.4 Å². The maximum atomic E-state index is 11.9. The Kier molecular flexibility index (Phi) is 4.41. The van der Waals surface area contributed by atoms with Crippen LogP contribution in [0.1, 0.15) is 12.7 Å². The summed E-state index contributed by atoms with van der Waals surface area (Å²) in [7, 11) is -2.08. The van der Waals surface area contributed by atoms with Crippen molar-refractivity contribution < 1.29 is 8.42 Å². The van der Waals surface area contributed by atoms with Gasteiger partial charge >= 0.3 is 0 Å². The molecule has 0 aliphatic carbocycles. The molecule has 0 saturated heterocycles. The highest BCUT2D eigenvalue weighted by Crippen LogP contribution is 2.20. The minimum atomic E-state index is -3.48. The van der Waals surface area contributed by atoms with Gasteiger partial charge in [0, 0.05) is 18.9 Å². The summed E-state index contributed by atoms with van der Waals surface area (Å²) in [5.41, 5.74) is 0.563. The van der Waals surface area contributed by atoms with Gasteiger partial charge in [-0.25, -0.2) is 18.1 Å². The lowest BCUT2D eigenvalue weighted by Crippen LogP contribution is -2.20. The van der Waals surface area contributed by atoms with Crippen LogP contribution in [0.5, 0.6) is 0 Å². The summed E-state index contributed by atoms with van der Waals surface area (Å²) in [6.07, 6.45) is 3.63. The minimum Gasteiger partial charge on any atom is -0.377 e. The second kappa shape index (κ2) is 6.06. The largest absolute Gasteiger partial charge is 0.377 e. The SMILES string of the molecule is CCn1ccnc1CNc1ccccc1S(=O)(=O)NC. The van der Waals surface area contributed by atoms with Gasteiger partial charge in [0.15, 0.2) is 0 Å². The van der Waals surface area contributed by atoms with Crippen LogP contribution in [0.3, 0.4) is 0 Å². The summed E-state index contributed by atoms with van der Waals surface area (Å²) in [6.45, 7) is 3.33. The van der Waals surface area contributed by atoms with Crippen LogP contribution in [0.15, 0.2) is 41.6 Å². The number of sulfonamides is 1. The fourth-order valence-corrected chi connectivity index (χ4v) is 2.83. The van der Waals surface area contributed by atoms with Crippen molar-refractivity contribution in [3.63, 3.8) is 0 Å². The molecule has 6 nitrogen and oxygen atoms in total. The van der Waals surface area contributed by atoms with Gasteiger partial charge in [0.2, 0.25) is 10.0 Å². The van der Waals surface area contributed by atoms with Gasteiger partial charge in [-0.15, -0.1) is 0 Å². The number of imidazole rings is 1. The van der Waals surface area contributed by atoms with Crippen molar-refractivity contribution >= 4 is 15.7 Å². The van der Waals surface area contributed by atoms with Gasteiger partial charge in [0.05, 0.1) is 12.2 Å². The molecule has 2 rings (SSSR count). The highest BCUT2D eigenvalue weighted by molar-refractivity contribution is 7.89. The standard InChI is InChI=1S/C13H18N4O2S/c1-3-17-9-8-15-13(17)10-16-11-6-4-5-7-12(11)20(18,19)14-2/h4-9,14,16H,3,10H2,1-2H3. The van der Waals surface area contributed by atoms with Crippen molar-refractivity contribution in [2.75, 3.05) is 12.4 Å². The third-order valence-corrected chi connectivity index (χ3v) is 4.50. The second-order valence-electron chi connectivity index (χ2n) is 4.19. The number of aromatic nitrogens is 2. The molecule has 1 aromatic heterocycles. The molecule has 0 amide bonds. The van der Waals surface area contributed by atoms with Crippen LogP contribution in [-0.4, -0.2) is 25.0 Å². The van der Waals surface area contributed by atoms with E-state index in [1.165, 1.54) is 7.05 Å². The zero-order valence-corrected chi connectivity index (χ0v) is 12.3. The Bertz CT molecular complexity index is 679. The molecule has 0 atom stereocenters. The van der Waals surface area contributed by atoms with Crippen LogP contribution in [-0.2, 0) is 23.1 Å². The lowest BCUT2D eigenvalue weighted by molar-refractivity contribution is 0.588. The third kappa shape index (κ3) is 3.00. The van der Waals surface area contributed by atoms with E-state index in [4.69, 9.17) is 0 Å². The smallest absolute Gasteiger partial charge is 0.242 e. The fraction of sp³-hybridized carbons (Fsp3) is 0.308. The first-order valence-electron chi connectivity index (χ1n) is 6.35. The van der Waals surface area contributed by atoms with Crippen molar-refractivity contribution in [1.29, 1.82) is 0 Å². The number of rotatable bonds is 6. The number of anilines is 1. The van der Waals surface area contributed by atoms with Crippen LogP contribution in [0.2, 0.25) is 0 Å². The molecule has 0 spiro atoms. The summed E-state index contributed by atoms with van der Waals surface area (Å²) < 4.78 is 28.2. The Morgan fingerprint density at radius 3 is 2.75 bits per heavy atom. The number of nitrogens with one attached hydrogen (secondary N) is 2. The van der Waals surface area contributed by atoms with Crippen molar-refractivity contribution in [2.45, 2.75) is 24.9 Å². The molecule has 1 aromatic carbocycles. The molecule has 2 N–H and O–H groups in total. The first-order chi connectivity index (χ1) is 9.58. The van der Waals surface area contributed by atoms with Gasteiger partial charge in [0.1, 0.15) is 10.7 Å². The molecule has 0 unspecified atom stereocenters. The van der Waals surface area contributed by atoms with Gasteiger partial charge in [-0.3, -0.25) is 0 Å². The van der Waals surface area contributed by atoms with E-state index in [9.17, 15) is 8.42 Å². The number of benzene rings is 1. The maximum Gasteiger partial charge on any atom is 0.242 e. The lowest BCUT2D eigenvalue weighted by atomic mass is 10.3. The predicted octanol–water partition coefficient (Wildman–Crippen LogP) is 1.42. The van der Waals surface area contributed by atoms with Gasteiger partial charge in [-0.2, -0.15) is 0 Å². The monoisotopic (exact) mass is 294 g/mol. The molecular formula is C13H18N4O2S. The quantitative estimate of drug-likeness (QED) is 0.845. The Morgan fingerprint density at radius 1 is 1.30 bits per heavy atom. The van der Waals surface area contributed by atoms with Crippen molar-refractivity contribution in [3.05, 3.63) is 42.5 Å². The molecule has 20 heavy (non-hydrogen) atoms. The Hall–Kier alpha value is -1.86. The second-order valence-corrected chi connectivity index (χ2v) is 6.04. The predicted molar refractivity (Wildman–Crippen MR) is 77.9 cm³/mol. The van der Waals surface area contributed by atoms with E-state index in [-0.39, 0.29) is 4.90 Å². The summed E-state index contributed by atoms with van der Waals surface area (Å²) in [5, 5.41) is 3.13. The molecule has 0 bridgehead atoms. The first-order valence-corrected chi connectivity index (χ1v) is 7.83. The number of para-hydroxylation sites is 1. The van der Waals surface area contributed by atoms with E-state index in [1.54, 1.807) is 30.5 Å². The number of hydrogen-bond acceptors (Lipinski definition) is 4. The van der Waals surface area contributed by atoms with E-state index < -0.39 is 10.0 Å². The van der Waals surface area contributed by atoms with Gasteiger partial charge in [-0.05, 0) is 26.1 Å².